The lowest BCUT2D eigenvalue weighted by Crippen LogP contribution is -2.42. The molecule has 1 aliphatic heterocycles. The van der Waals surface area contributed by atoms with Gasteiger partial charge in [0.1, 0.15) is 5.71 Å². The Hall–Kier alpha value is -1.95. The second-order valence-corrected chi connectivity index (χ2v) is 10.5. The van der Waals surface area contributed by atoms with Gasteiger partial charge in [0.2, 0.25) is 5.91 Å². The molecule has 1 aliphatic rings. The Morgan fingerprint density at radius 1 is 1.11 bits per heavy atom. The summed E-state index contributed by atoms with van der Waals surface area (Å²) in [5.41, 5.74) is -2.85. The topological polar surface area (TPSA) is 67.8 Å². The van der Waals surface area contributed by atoms with E-state index in [1.54, 1.807) is 6.92 Å². The van der Waals surface area contributed by atoms with Gasteiger partial charge in [0.25, 0.3) is 11.5 Å². The summed E-state index contributed by atoms with van der Waals surface area (Å²) >= 11 is 18.6. The second kappa shape index (κ2) is 10.4. The van der Waals surface area contributed by atoms with Crippen molar-refractivity contribution >= 4 is 63.5 Å². The van der Waals surface area contributed by atoms with E-state index in [1.807, 2.05) is 5.32 Å². The Balaban J connectivity index is 1.78. The van der Waals surface area contributed by atoms with Crippen LogP contribution in [0.3, 0.4) is 0 Å². The van der Waals surface area contributed by atoms with Gasteiger partial charge in [0.05, 0.1) is 37.8 Å². The van der Waals surface area contributed by atoms with Crippen molar-refractivity contribution in [2.45, 2.75) is 50.8 Å². The number of oxime groups is 1. The van der Waals surface area contributed by atoms with Crippen molar-refractivity contribution < 1.29 is 36.4 Å². The molecule has 2 aromatic rings. The largest absolute Gasteiger partial charge is 0.435 e. The predicted molar refractivity (Wildman–Crippen MR) is 128 cm³/mol. The molecule has 2 heterocycles. The number of nitrogens with zero attached hydrogens (tertiary/aromatic N) is 1. The van der Waals surface area contributed by atoms with E-state index in [4.69, 9.17) is 39.6 Å². The Kier molecular flexibility index (Phi) is 8.29. The van der Waals surface area contributed by atoms with Gasteiger partial charge in [-0.2, -0.15) is 13.2 Å². The number of benzene rings is 1. The minimum absolute atomic E-state index is 0.0513. The molecular formula is C22H18Cl3F5N2O3S. The highest BCUT2D eigenvalue weighted by Gasteiger charge is 2.62. The van der Waals surface area contributed by atoms with E-state index in [0.29, 0.717) is 12.5 Å². The number of nitrogens with one attached hydrogen (secondary N) is 1. The van der Waals surface area contributed by atoms with E-state index >= 15 is 0 Å². The van der Waals surface area contributed by atoms with Crippen LogP contribution in [-0.4, -0.2) is 36.0 Å². The van der Waals surface area contributed by atoms with Crippen LogP contribution in [0, 0.1) is 6.92 Å². The third kappa shape index (κ3) is 6.12. The molecule has 14 heteroatoms. The summed E-state index contributed by atoms with van der Waals surface area (Å²) < 4.78 is 68.4. The first-order chi connectivity index (χ1) is 16.5. The van der Waals surface area contributed by atoms with Gasteiger partial charge in [-0.25, -0.2) is 8.78 Å². The third-order valence-electron chi connectivity index (χ3n) is 5.27. The van der Waals surface area contributed by atoms with Crippen molar-refractivity contribution in [1.82, 2.24) is 5.32 Å². The number of hydrogen-bond acceptors (Lipinski definition) is 5. The standard InChI is InChI=1S/C22H18Cl3F5N2O3S/c1-10-5-16(36-19(10)15(33)3-4-17(34)31-9-20(2,26)27)14-8-21(35-32-14,22(28,29)30)11-6-12(23)18(25)13(24)7-11/h5-7H,3-4,8-9H2,1-2H3,(H,31,34)/t21-/m0/s1. The maximum atomic E-state index is 14.2. The number of aryl methyl sites for hydroxylation is 1. The molecular weight excluding hydrogens is 574 g/mol. The summed E-state index contributed by atoms with van der Waals surface area (Å²) in [4.78, 5) is 29.8. The molecule has 0 bridgehead atoms. The average molecular weight is 592 g/mol. The normalized spacial score (nSPS) is 18.1. The lowest BCUT2D eigenvalue weighted by molar-refractivity contribution is -0.275. The van der Waals surface area contributed by atoms with Crippen molar-refractivity contribution in [3.8, 4) is 0 Å². The molecule has 1 aromatic heterocycles. The van der Waals surface area contributed by atoms with Crippen molar-refractivity contribution in [3.63, 3.8) is 0 Å². The summed E-state index contributed by atoms with van der Waals surface area (Å²) in [6.45, 7) is 1.37. The van der Waals surface area contributed by atoms with Crippen LogP contribution in [0.5, 0.6) is 0 Å². The smallest absolute Gasteiger partial charge is 0.374 e. The van der Waals surface area contributed by atoms with Crippen LogP contribution in [0.1, 0.15) is 51.9 Å². The lowest BCUT2D eigenvalue weighted by Gasteiger charge is -2.29. The fraction of sp³-hybridized carbons (Fsp3) is 0.409. The summed E-state index contributed by atoms with van der Waals surface area (Å²) in [6.07, 6.45) is -6.21. The lowest BCUT2D eigenvalue weighted by atomic mass is 9.88. The first kappa shape index (κ1) is 28.6. The van der Waals surface area contributed by atoms with E-state index in [0.717, 1.165) is 23.5 Å². The molecule has 0 unspecified atom stereocenters. The SMILES string of the molecule is Cc1cc(C2=NO[C@@](c3cc(Cl)c(Cl)c(Cl)c3)(C(F)(F)F)C2)sc1C(=O)CCC(=O)NCC(C)(F)F. The summed E-state index contributed by atoms with van der Waals surface area (Å²) in [7, 11) is 0. The summed E-state index contributed by atoms with van der Waals surface area (Å²) in [6, 6.07) is 3.51. The van der Waals surface area contributed by atoms with Crippen molar-refractivity contribution in [2.75, 3.05) is 6.54 Å². The number of thiophene rings is 1. The number of Topliss-reactive ketones (excluding diaryl/α,β-unsaturated/α-hetero) is 1. The second-order valence-electron chi connectivity index (χ2n) is 8.28. The highest BCUT2D eigenvalue weighted by Crippen LogP contribution is 2.51. The molecule has 0 aliphatic carbocycles. The summed E-state index contributed by atoms with van der Waals surface area (Å²) in [5, 5.41) is 5.22. The number of halogens is 8. The van der Waals surface area contributed by atoms with Gasteiger partial charge in [-0.05, 0) is 30.7 Å². The molecule has 1 N–H and O–H groups in total. The number of rotatable bonds is 8. The molecule has 0 radical (unpaired) electrons. The van der Waals surface area contributed by atoms with Crippen LogP contribution >= 0.6 is 46.1 Å². The van der Waals surface area contributed by atoms with Gasteiger partial charge in [-0.3, -0.25) is 9.59 Å². The molecule has 1 aromatic carbocycles. The monoisotopic (exact) mass is 590 g/mol. The van der Waals surface area contributed by atoms with Crippen molar-refractivity contribution in [1.29, 1.82) is 0 Å². The summed E-state index contributed by atoms with van der Waals surface area (Å²) in [5.74, 6) is -4.26. The average Bonchev–Trinajstić information content (AvgIpc) is 3.38. The van der Waals surface area contributed by atoms with Crippen LogP contribution < -0.4 is 5.32 Å². The zero-order chi connectivity index (χ0) is 27.1. The molecule has 1 amide bonds. The number of amides is 1. The number of ketones is 1. The number of hydrogen-bond donors (Lipinski definition) is 1. The van der Waals surface area contributed by atoms with Crippen LogP contribution in [0.4, 0.5) is 22.0 Å². The van der Waals surface area contributed by atoms with Crippen LogP contribution in [-0.2, 0) is 15.2 Å². The molecule has 0 spiro atoms. The van der Waals surface area contributed by atoms with Crippen LogP contribution in [0.25, 0.3) is 0 Å². The molecule has 5 nitrogen and oxygen atoms in total. The molecule has 3 rings (SSSR count). The molecule has 1 atom stereocenters. The minimum Gasteiger partial charge on any atom is -0.374 e. The van der Waals surface area contributed by atoms with E-state index in [9.17, 15) is 31.5 Å². The van der Waals surface area contributed by atoms with Crippen molar-refractivity contribution in [2.24, 2.45) is 5.16 Å². The molecule has 0 saturated carbocycles. The van der Waals surface area contributed by atoms with Gasteiger partial charge in [-0.1, -0.05) is 40.0 Å². The zero-order valence-electron chi connectivity index (χ0n) is 18.7. The van der Waals surface area contributed by atoms with E-state index in [2.05, 4.69) is 5.16 Å². The van der Waals surface area contributed by atoms with Gasteiger partial charge in [0, 0.05) is 25.3 Å². The fourth-order valence-electron chi connectivity index (χ4n) is 3.41. The van der Waals surface area contributed by atoms with E-state index in [1.165, 1.54) is 6.07 Å². The predicted octanol–water partition coefficient (Wildman–Crippen LogP) is 7.33. The molecule has 0 saturated heterocycles. The number of carbonyl (C=O) groups is 2. The minimum atomic E-state index is -4.91. The van der Waals surface area contributed by atoms with Gasteiger partial charge < -0.3 is 10.2 Å². The Labute approximate surface area is 221 Å². The fourth-order valence-corrected chi connectivity index (χ4v) is 5.12. The highest BCUT2D eigenvalue weighted by molar-refractivity contribution is 7.16. The van der Waals surface area contributed by atoms with Gasteiger partial charge in [0.15, 0.2) is 5.78 Å². The quantitative estimate of drug-likeness (QED) is 0.199. The first-order valence-electron chi connectivity index (χ1n) is 10.3. The van der Waals surface area contributed by atoms with Crippen molar-refractivity contribution in [3.05, 3.63) is 54.1 Å². The third-order valence-corrected chi connectivity index (χ3v) is 7.79. The van der Waals surface area contributed by atoms with Gasteiger partial charge >= 0.3 is 6.18 Å². The maximum absolute atomic E-state index is 14.2. The van der Waals surface area contributed by atoms with E-state index in [-0.39, 0.29) is 48.9 Å². The Bertz CT molecular complexity index is 1200. The first-order valence-corrected chi connectivity index (χ1v) is 12.2. The molecule has 0 fully saturated rings. The van der Waals surface area contributed by atoms with Crippen LogP contribution in [0.2, 0.25) is 15.1 Å². The van der Waals surface area contributed by atoms with Gasteiger partial charge in [-0.15, -0.1) is 11.3 Å². The number of carbonyl (C=O) groups excluding carboxylic acids is 2. The van der Waals surface area contributed by atoms with Crippen LogP contribution in [0.15, 0.2) is 23.4 Å². The van der Waals surface area contributed by atoms with E-state index < -0.39 is 42.4 Å². The Morgan fingerprint density at radius 3 is 2.28 bits per heavy atom. The highest BCUT2D eigenvalue weighted by atomic mass is 35.5. The number of alkyl halides is 5. The Morgan fingerprint density at radius 2 is 1.72 bits per heavy atom. The molecule has 196 valence electrons. The molecule has 36 heavy (non-hydrogen) atoms. The maximum Gasteiger partial charge on any atom is 0.435 e. The zero-order valence-corrected chi connectivity index (χ0v) is 21.7.